The Morgan fingerprint density at radius 2 is 2.29 bits per heavy atom. The van der Waals surface area contributed by atoms with Gasteiger partial charge in [0.1, 0.15) is 9.48 Å². The van der Waals surface area contributed by atoms with Crippen LogP contribution in [0.3, 0.4) is 0 Å². The molecule has 7 heteroatoms. The first-order valence-electron chi connectivity index (χ1n) is 3.49. The second kappa shape index (κ2) is 3.69. The van der Waals surface area contributed by atoms with Gasteiger partial charge in [-0.05, 0) is 22.0 Å². The van der Waals surface area contributed by atoms with Gasteiger partial charge in [-0.25, -0.2) is 0 Å². The maximum Gasteiger partial charge on any atom is 0.217 e. The van der Waals surface area contributed by atoms with Crippen molar-refractivity contribution in [3.63, 3.8) is 0 Å². The van der Waals surface area contributed by atoms with Crippen molar-refractivity contribution in [3.05, 3.63) is 25.1 Å². The second-order valence-electron chi connectivity index (χ2n) is 2.47. The highest BCUT2D eigenvalue weighted by Crippen LogP contribution is 2.35. The molecule has 2 aromatic rings. The number of hydrogen-bond acceptors (Lipinski definition) is 4. The molecule has 2 aromatic heterocycles. The van der Waals surface area contributed by atoms with Crippen LogP contribution in [0.4, 0.5) is 0 Å². The summed E-state index contributed by atoms with van der Waals surface area (Å²) in [5.41, 5.74) is 0.580. The summed E-state index contributed by atoms with van der Waals surface area (Å²) in [4.78, 5) is 0.913. The van der Waals surface area contributed by atoms with Crippen LogP contribution in [0.25, 0.3) is 10.6 Å². The van der Waals surface area contributed by atoms with E-state index >= 15 is 0 Å². The zero-order valence-electron chi connectivity index (χ0n) is 6.62. The van der Waals surface area contributed by atoms with E-state index in [1.807, 2.05) is 0 Å². The van der Waals surface area contributed by atoms with E-state index in [2.05, 4.69) is 15.9 Å². The van der Waals surface area contributed by atoms with E-state index in [0.717, 1.165) is 24.7 Å². The minimum atomic E-state index is 0.0800. The Kier molecular flexibility index (Phi) is 2.70. The Morgan fingerprint density at radius 3 is 2.71 bits per heavy atom. The summed E-state index contributed by atoms with van der Waals surface area (Å²) in [6.45, 7) is 0. The van der Waals surface area contributed by atoms with Gasteiger partial charge in [-0.2, -0.15) is 4.73 Å². The molecule has 0 aromatic carbocycles. The molecular weight excluding hydrogens is 308 g/mol. The summed E-state index contributed by atoms with van der Waals surface area (Å²) < 4.78 is 1.57. The summed E-state index contributed by atoms with van der Waals surface area (Å²) in [5, 5.41) is 19.4. The summed E-state index contributed by atoms with van der Waals surface area (Å²) in [5.74, 6) is 0. The molecule has 0 saturated heterocycles. The SMILES string of the molecule is N=c1sc(Br)c(-c2cc(Cl)cs2)n1O. The first-order chi connectivity index (χ1) is 6.59. The van der Waals surface area contributed by atoms with Gasteiger partial charge in [-0.3, -0.25) is 5.41 Å². The van der Waals surface area contributed by atoms with E-state index in [-0.39, 0.29) is 4.80 Å². The number of nitrogens with one attached hydrogen (secondary N) is 1. The van der Waals surface area contributed by atoms with E-state index in [4.69, 9.17) is 17.0 Å². The number of nitrogens with zero attached hydrogens (tertiary/aromatic N) is 1. The third kappa shape index (κ3) is 1.63. The number of hydrogen-bond donors (Lipinski definition) is 2. The van der Waals surface area contributed by atoms with Crippen molar-refractivity contribution in [3.8, 4) is 10.6 Å². The molecule has 2 N–H and O–H groups in total. The Bertz CT molecular complexity index is 530. The molecule has 0 atom stereocenters. The van der Waals surface area contributed by atoms with Gasteiger partial charge in [0.2, 0.25) is 4.80 Å². The summed E-state index contributed by atoms with van der Waals surface area (Å²) in [7, 11) is 0. The fourth-order valence-electron chi connectivity index (χ4n) is 1.000. The number of halogens is 2. The van der Waals surface area contributed by atoms with Crippen LogP contribution in [-0.2, 0) is 0 Å². The minimum Gasteiger partial charge on any atom is -0.425 e. The third-order valence-electron chi connectivity index (χ3n) is 1.58. The zero-order valence-corrected chi connectivity index (χ0v) is 10.6. The summed E-state index contributed by atoms with van der Waals surface area (Å²) in [6, 6.07) is 1.76. The molecule has 0 aliphatic rings. The van der Waals surface area contributed by atoms with E-state index in [1.165, 1.54) is 11.3 Å². The van der Waals surface area contributed by atoms with Gasteiger partial charge in [-0.1, -0.05) is 22.9 Å². The number of thiophene rings is 1. The van der Waals surface area contributed by atoms with E-state index in [9.17, 15) is 5.21 Å². The molecule has 0 radical (unpaired) electrons. The molecular formula is C7H4BrClN2OS2. The zero-order chi connectivity index (χ0) is 10.3. The number of thiazole rings is 1. The molecule has 2 heterocycles. The molecule has 0 unspecified atom stereocenters. The topological polar surface area (TPSA) is 49.0 Å². The van der Waals surface area contributed by atoms with Crippen LogP contribution in [0.15, 0.2) is 15.2 Å². The van der Waals surface area contributed by atoms with Gasteiger partial charge in [0, 0.05) is 5.38 Å². The predicted octanol–water partition coefficient (Wildman–Crippen LogP) is 3.41. The van der Waals surface area contributed by atoms with Crippen LogP contribution in [0, 0.1) is 5.41 Å². The Balaban J connectivity index is 2.67. The summed E-state index contributed by atoms with van der Waals surface area (Å²) in [6.07, 6.45) is 0. The average Bonchev–Trinajstić information content (AvgIpc) is 2.60. The van der Waals surface area contributed by atoms with E-state index in [1.54, 1.807) is 11.4 Å². The van der Waals surface area contributed by atoms with Crippen LogP contribution >= 0.6 is 50.2 Å². The first kappa shape index (κ1) is 10.2. The molecule has 0 aliphatic heterocycles. The van der Waals surface area contributed by atoms with Crippen LogP contribution in [0.2, 0.25) is 5.02 Å². The molecule has 2 rings (SSSR count). The first-order valence-corrected chi connectivity index (χ1v) is 6.36. The lowest BCUT2D eigenvalue weighted by Gasteiger charge is -1.97. The molecule has 74 valence electrons. The molecule has 0 spiro atoms. The van der Waals surface area contributed by atoms with Gasteiger partial charge in [-0.15, -0.1) is 11.3 Å². The second-order valence-corrected chi connectivity index (χ2v) is 6.14. The molecule has 14 heavy (non-hydrogen) atoms. The van der Waals surface area contributed by atoms with Crippen molar-refractivity contribution < 1.29 is 5.21 Å². The van der Waals surface area contributed by atoms with Gasteiger partial charge >= 0.3 is 0 Å². The maximum atomic E-state index is 9.55. The number of aromatic nitrogens is 1. The quantitative estimate of drug-likeness (QED) is 0.779. The van der Waals surface area contributed by atoms with Crippen molar-refractivity contribution in [2.24, 2.45) is 0 Å². The van der Waals surface area contributed by atoms with E-state index < -0.39 is 0 Å². The minimum absolute atomic E-state index is 0.0800. The Hall–Kier alpha value is -0.300. The van der Waals surface area contributed by atoms with Gasteiger partial charge in [0.05, 0.1) is 9.90 Å². The van der Waals surface area contributed by atoms with Crippen LogP contribution in [-0.4, -0.2) is 9.94 Å². The highest BCUT2D eigenvalue weighted by Gasteiger charge is 2.14. The lowest BCUT2D eigenvalue weighted by atomic mass is 10.4. The average molecular weight is 312 g/mol. The van der Waals surface area contributed by atoms with Crippen molar-refractivity contribution >= 4 is 50.2 Å². The predicted molar refractivity (Wildman–Crippen MR) is 61.4 cm³/mol. The fourth-order valence-corrected chi connectivity index (χ4v) is 3.79. The smallest absolute Gasteiger partial charge is 0.217 e. The number of rotatable bonds is 1. The van der Waals surface area contributed by atoms with E-state index in [0.29, 0.717) is 10.7 Å². The normalized spacial score (nSPS) is 10.7. The molecule has 0 fully saturated rings. The Labute approximate surface area is 101 Å². The van der Waals surface area contributed by atoms with Gasteiger partial charge in [0.25, 0.3) is 0 Å². The summed E-state index contributed by atoms with van der Waals surface area (Å²) >= 11 is 11.7. The molecule has 0 saturated carbocycles. The standard InChI is InChI=1S/C7H4BrClN2OS2/c8-6-5(11(12)7(10)14-6)4-1-3(9)2-13-4/h1-2,10,12H. The van der Waals surface area contributed by atoms with Gasteiger partial charge < -0.3 is 5.21 Å². The van der Waals surface area contributed by atoms with Crippen LogP contribution in [0.1, 0.15) is 0 Å². The van der Waals surface area contributed by atoms with Crippen molar-refractivity contribution in [2.45, 2.75) is 0 Å². The monoisotopic (exact) mass is 310 g/mol. The third-order valence-corrected chi connectivity index (χ3v) is 4.46. The maximum absolute atomic E-state index is 9.55. The molecule has 0 amide bonds. The Morgan fingerprint density at radius 1 is 1.57 bits per heavy atom. The van der Waals surface area contributed by atoms with Crippen LogP contribution in [0.5, 0.6) is 0 Å². The van der Waals surface area contributed by atoms with Crippen molar-refractivity contribution in [2.75, 3.05) is 0 Å². The highest BCUT2D eigenvalue weighted by atomic mass is 79.9. The van der Waals surface area contributed by atoms with Crippen molar-refractivity contribution in [1.82, 2.24) is 4.73 Å². The fraction of sp³-hybridized carbons (Fsp3) is 0. The van der Waals surface area contributed by atoms with Crippen LogP contribution < -0.4 is 4.80 Å². The lowest BCUT2D eigenvalue weighted by molar-refractivity contribution is 0.181. The lowest BCUT2D eigenvalue weighted by Crippen LogP contribution is -2.09. The molecule has 0 bridgehead atoms. The molecule has 0 aliphatic carbocycles. The van der Waals surface area contributed by atoms with Gasteiger partial charge in [0.15, 0.2) is 0 Å². The highest BCUT2D eigenvalue weighted by molar-refractivity contribution is 9.11. The van der Waals surface area contributed by atoms with Crippen molar-refractivity contribution in [1.29, 1.82) is 5.41 Å². The molecule has 3 nitrogen and oxygen atoms in total. The largest absolute Gasteiger partial charge is 0.425 e.